The molecule has 0 fully saturated rings. The van der Waals surface area contributed by atoms with Crippen LogP contribution in [0.4, 0.5) is 0 Å². The molecule has 16 heavy (non-hydrogen) atoms. The number of ether oxygens (including phenoxy) is 1. The lowest BCUT2D eigenvalue weighted by Gasteiger charge is -2.12. The second-order valence-corrected chi connectivity index (χ2v) is 4.36. The Morgan fingerprint density at radius 3 is 2.50 bits per heavy atom. The summed E-state index contributed by atoms with van der Waals surface area (Å²) in [6.45, 7) is 6.70. The van der Waals surface area contributed by atoms with Gasteiger partial charge in [0.05, 0.1) is 7.11 Å². The van der Waals surface area contributed by atoms with Crippen molar-refractivity contribution in [1.82, 2.24) is 5.32 Å². The average molecular weight is 221 g/mol. The zero-order chi connectivity index (χ0) is 11.8. The van der Waals surface area contributed by atoms with Gasteiger partial charge in [-0.1, -0.05) is 26.0 Å². The molecule has 0 heterocycles. The first-order chi connectivity index (χ1) is 7.76. The summed E-state index contributed by atoms with van der Waals surface area (Å²) in [5.41, 5.74) is 1.38. The fourth-order valence-corrected chi connectivity index (χ4v) is 1.76. The van der Waals surface area contributed by atoms with Crippen LogP contribution >= 0.6 is 0 Å². The van der Waals surface area contributed by atoms with E-state index in [-0.39, 0.29) is 0 Å². The lowest BCUT2D eigenvalue weighted by Crippen LogP contribution is -2.23. The van der Waals surface area contributed by atoms with E-state index in [1.165, 1.54) is 12.0 Å². The molecule has 90 valence electrons. The molecule has 2 heteroatoms. The zero-order valence-electron chi connectivity index (χ0n) is 10.6. The highest BCUT2D eigenvalue weighted by atomic mass is 16.5. The molecule has 1 aromatic carbocycles. The molecule has 0 aliphatic rings. The van der Waals surface area contributed by atoms with E-state index >= 15 is 0 Å². The zero-order valence-corrected chi connectivity index (χ0v) is 10.6. The van der Waals surface area contributed by atoms with Gasteiger partial charge in [0.1, 0.15) is 5.75 Å². The van der Waals surface area contributed by atoms with Crippen molar-refractivity contribution >= 4 is 0 Å². The number of rotatable bonds is 7. The molecule has 0 radical (unpaired) electrons. The SMILES string of the molecule is CCCNCC(C)Cc1ccc(OC)cc1. The molecule has 0 saturated heterocycles. The van der Waals surface area contributed by atoms with Gasteiger partial charge in [0.25, 0.3) is 0 Å². The van der Waals surface area contributed by atoms with Crippen molar-refractivity contribution in [2.75, 3.05) is 20.2 Å². The predicted octanol–water partition coefficient (Wildman–Crippen LogP) is 2.87. The van der Waals surface area contributed by atoms with Gasteiger partial charge >= 0.3 is 0 Å². The Bertz CT molecular complexity index is 281. The highest BCUT2D eigenvalue weighted by molar-refractivity contribution is 5.27. The van der Waals surface area contributed by atoms with Crippen LogP contribution in [-0.4, -0.2) is 20.2 Å². The highest BCUT2D eigenvalue weighted by Gasteiger charge is 2.03. The Morgan fingerprint density at radius 1 is 1.25 bits per heavy atom. The summed E-state index contributed by atoms with van der Waals surface area (Å²) in [5.74, 6) is 1.61. The molecule has 1 rings (SSSR count). The molecule has 0 amide bonds. The monoisotopic (exact) mass is 221 g/mol. The summed E-state index contributed by atoms with van der Waals surface area (Å²) in [6.07, 6.45) is 2.33. The summed E-state index contributed by atoms with van der Waals surface area (Å²) in [6, 6.07) is 8.35. The molecule has 0 aromatic heterocycles. The van der Waals surface area contributed by atoms with E-state index in [2.05, 4.69) is 31.3 Å². The molecular formula is C14H23NO. The summed E-state index contributed by atoms with van der Waals surface area (Å²) >= 11 is 0. The number of hydrogen-bond donors (Lipinski definition) is 1. The summed E-state index contributed by atoms with van der Waals surface area (Å²) in [7, 11) is 1.70. The second kappa shape index (κ2) is 7.29. The van der Waals surface area contributed by atoms with Gasteiger partial charge in [0.2, 0.25) is 0 Å². The number of benzene rings is 1. The molecule has 1 N–H and O–H groups in total. The predicted molar refractivity (Wildman–Crippen MR) is 69.0 cm³/mol. The van der Waals surface area contributed by atoms with Crippen LogP contribution in [-0.2, 0) is 6.42 Å². The molecule has 1 aromatic rings. The molecule has 1 atom stereocenters. The first-order valence-corrected chi connectivity index (χ1v) is 6.10. The van der Waals surface area contributed by atoms with Crippen LogP contribution in [0.15, 0.2) is 24.3 Å². The van der Waals surface area contributed by atoms with Gasteiger partial charge in [0, 0.05) is 0 Å². The Morgan fingerprint density at radius 2 is 1.94 bits per heavy atom. The highest BCUT2D eigenvalue weighted by Crippen LogP contribution is 2.14. The van der Waals surface area contributed by atoms with Crippen molar-refractivity contribution in [2.24, 2.45) is 5.92 Å². The summed E-state index contributed by atoms with van der Waals surface area (Å²) in [5, 5.41) is 3.45. The smallest absolute Gasteiger partial charge is 0.118 e. The Balaban J connectivity index is 2.34. The lowest BCUT2D eigenvalue weighted by atomic mass is 10.0. The van der Waals surface area contributed by atoms with Gasteiger partial charge in [-0.05, 0) is 49.5 Å². The van der Waals surface area contributed by atoms with Gasteiger partial charge in [-0.25, -0.2) is 0 Å². The minimum atomic E-state index is 0.681. The first-order valence-electron chi connectivity index (χ1n) is 6.10. The molecule has 0 aliphatic carbocycles. The van der Waals surface area contributed by atoms with Crippen molar-refractivity contribution < 1.29 is 4.74 Å². The Hall–Kier alpha value is -1.02. The molecule has 0 saturated carbocycles. The van der Waals surface area contributed by atoms with Crippen LogP contribution in [0.25, 0.3) is 0 Å². The third-order valence-electron chi connectivity index (χ3n) is 2.66. The van der Waals surface area contributed by atoms with Gasteiger partial charge in [-0.3, -0.25) is 0 Å². The minimum Gasteiger partial charge on any atom is -0.497 e. The van der Waals surface area contributed by atoms with Crippen LogP contribution < -0.4 is 10.1 Å². The van der Waals surface area contributed by atoms with Crippen LogP contribution in [0, 0.1) is 5.92 Å². The van der Waals surface area contributed by atoms with Crippen LogP contribution in [0.1, 0.15) is 25.8 Å². The van der Waals surface area contributed by atoms with E-state index < -0.39 is 0 Å². The van der Waals surface area contributed by atoms with Crippen LogP contribution in [0.3, 0.4) is 0 Å². The number of nitrogens with one attached hydrogen (secondary N) is 1. The van der Waals surface area contributed by atoms with E-state index in [0.717, 1.165) is 25.3 Å². The van der Waals surface area contributed by atoms with Crippen LogP contribution in [0.5, 0.6) is 5.75 Å². The maximum atomic E-state index is 5.14. The van der Waals surface area contributed by atoms with Crippen LogP contribution in [0.2, 0.25) is 0 Å². The van der Waals surface area contributed by atoms with E-state index in [0.29, 0.717) is 5.92 Å². The third kappa shape index (κ3) is 4.67. The van der Waals surface area contributed by atoms with Gasteiger partial charge < -0.3 is 10.1 Å². The molecule has 0 aliphatic heterocycles. The fraction of sp³-hybridized carbons (Fsp3) is 0.571. The summed E-state index contributed by atoms with van der Waals surface area (Å²) < 4.78 is 5.14. The van der Waals surface area contributed by atoms with Crippen molar-refractivity contribution in [3.05, 3.63) is 29.8 Å². The molecule has 0 spiro atoms. The average Bonchev–Trinajstić information content (AvgIpc) is 2.30. The van der Waals surface area contributed by atoms with Crippen molar-refractivity contribution in [3.8, 4) is 5.75 Å². The summed E-state index contributed by atoms with van der Waals surface area (Å²) in [4.78, 5) is 0. The van der Waals surface area contributed by atoms with Gasteiger partial charge in [-0.15, -0.1) is 0 Å². The van der Waals surface area contributed by atoms with Gasteiger partial charge in [-0.2, -0.15) is 0 Å². The molecular weight excluding hydrogens is 198 g/mol. The van der Waals surface area contributed by atoms with E-state index in [4.69, 9.17) is 4.74 Å². The first kappa shape index (κ1) is 13.0. The van der Waals surface area contributed by atoms with E-state index in [1.807, 2.05) is 12.1 Å². The fourth-order valence-electron chi connectivity index (χ4n) is 1.76. The maximum absolute atomic E-state index is 5.14. The van der Waals surface area contributed by atoms with Crippen molar-refractivity contribution in [2.45, 2.75) is 26.7 Å². The number of hydrogen-bond acceptors (Lipinski definition) is 2. The second-order valence-electron chi connectivity index (χ2n) is 4.36. The molecule has 0 bridgehead atoms. The standard InChI is InChI=1S/C14H23NO/c1-4-9-15-11-12(2)10-13-5-7-14(16-3)8-6-13/h5-8,12,15H,4,9-11H2,1-3H3. The van der Waals surface area contributed by atoms with Gasteiger partial charge in [0.15, 0.2) is 0 Å². The largest absolute Gasteiger partial charge is 0.497 e. The third-order valence-corrected chi connectivity index (χ3v) is 2.66. The topological polar surface area (TPSA) is 21.3 Å². The lowest BCUT2D eigenvalue weighted by molar-refractivity contribution is 0.414. The maximum Gasteiger partial charge on any atom is 0.118 e. The Kier molecular flexibility index (Phi) is 5.94. The van der Waals surface area contributed by atoms with E-state index in [9.17, 15) is 0 Å². The van der Waals surface area contributed by atoms with E-state index in [1.54, 1.807) is 7.11 Å². The quantitative estimate of drug-likeness (QED) is 0.715. The minimum absolute atomic E-state index is 0.681. The molecule has 1 unspecified atom stereocenters. The Labute approximate surface area is 99.0 Å². The molecule has 2 nitrogen and oxygen atoms in total. The van der Waals surface area contributed by atoms with Crippen molar-refractivity contribution in [1.29, 1.82) is 0 Å². The number of methoxy groups -OCH3 is 1. The van der Waals surface area contributed by atoms with Crippen molar-refractivity contribution in [3.63, 3.8) is 0 Å². The normalized spacial score (nSPS) is 12.4.